The number of carbonyl (C=O) groups is 1. The standard InChI is InChI=1S/C17H24N4O4/c1-5-8-9-18-14(23)11-10-12(22)20(6-2)15-13(11)16(24)21(7-3)17(25)19(15)4/h10H,5-9H2,1-4H3,(H,18,23). The molecule has 0 saturated heterocycles. The van der Waals surface area contributed by atoms with Gasteiger partial charge in [0.25, 0.3) is 17.0 Å². The highest BCUT2D eigenvalue weighted by Gasteiger charge is 2.21. The molecule has 0 spiro atoms. The molecular formula is C17H24N4O4. The second-order valence-corrected chi connectivity index (χ2v) is 5.84. The first-order valence-corrected chi connectivity index (χ1v) is 8.54. The Bertz CT molecular complexity index is 981. The van der Waals surface area contributed by atoms with Crippen molar-refractivity contribution in [2.24, 2.45) is 7.05 Å². The van der Waals surface area contributed by atoms with E-state index < -0.39 is 22.7 Å². The van der Waals surface area contributed by atoms with Crippen molar-refractivity contribution in [2.45, 2.75) is 46.7 Å². The monoisotopic (exact) mass is 348 g/mol. The average molecular weight is 348 g/mol. The summed E-state index contributed by atoms with van der Waals surface area (Å²) in [4.78, 5) is 50.2. The van der Waals surface area contributed by atoms with Gasteiger partial charge in [0.15, 0.2) is 0 Å². The van der Waals surface area contributed by atoms with Gasteiger partial charge in [-0.15, -0.1) is 0 Å². The van der Waals surface area contributed by atoms with Crippen LogP contribution in [0.15, 0.2) is 20.4 Å². The van der Waals surface area contributed by atoms with Crippen LogP contribution < -0.4 is 22.1 Å². The van der Waals surface area contributed by atoms with Crippen LogP contribution >= 0.6 is 0 Å². The van der Waals surface area contributed by atoms with Crippen molar-refractivity contribution >= 4 is 16.9 Å². The van der Waals surface area contributed by atoms with Gasteiger partial charge in [-0.3, -0.25) is 28.1 Å². The summed E-state index contributed by atoms with van der Waals surface area (Å²) in [5.41, 5.74) is -1.29. The van der Waals surface area contributed by atoms with Crippen LogP contribution in [-0.2, 0) is 20.1 Å². The molecule has 2 heterocycles. The van der Waals surface area contributed by atoms with E-state index in [1.807, 2.05) is 6.92 Å². The molecule has 0 aliphatic carbocycles. The first-order chi connectivity index (χ1) is 11.9. The number of unbranched alkanes of at least 4 members (excludes halogenated alkanes) is 1. The summed E-state index contributed by atoms with van der Waals surface area (Å²) in [7, 11) is 1.50. The molecule has 2 aromatic rings. The maximum absolute atomic E-state index is 12.8. The zero-order chi connectivity index (χ0) is 18.7. The van der Waals surface area contributed by atoms with E-state index in [9.17, 15) is 19.2 Å². The Balaban J connectivity index is 2.91. The molecule has 136 valence electrons. The molecular weight excluding hydrogens is 324 g/mol. The van der Waals surface area contributed by atoms with Crippen molar-refractivity contribution in [3.05, 3.63) is 42.8 Å². The van der Waals surface area contributed by atoms with Crippen LogP contribution in [0.5, 0.6) is 0 Å². The lowest BCUT2D eigenvalue weighted by molar-refractivity contribution is 0.0954. The van der Waals surface area contributed by atoms with E-state index in [2.05, 4.69) is 5.32 Å². The van der Waals surface area contributed by atoms with E-state index in [-0.39, 0.29) is 29.7 Å². The Morgan fingerprint density at radius 3 is 2.28 bits per heavy atom. The van der Waals surface area contributed by atoms with E-state index in [1.165, 1.54) is 22.2 Å². The first-order valence-electron chi connectivity index (χ1n) is 8.54. The largest absolute Gasteiger partial charge is 0.352 e. The number of amides is 1. The molecule has 1 amide bonds. The molecule has 1 N–H and O–H groups in total. The van der Waals surface area contributed by atoms with Crippen molar-refractivity contribution in [1.82, 2.24) is 19.0 Å². The summed E-state index contributed by atoms with van der Waals surface area (Å²) < 4.78 is 3.66. The predicted octanol–water partition coefficient (Wildman–Crippen LogP) is 0.432. The molecule has 0 saturated carbocycles. The molecule has 0 aliphatic heterocycles. The van der Waals surface area contributed by atoms with Gasteiger partial charge in [0.2, 0.25) is 0 Å². The second kappa shape index (κ2) is 7.50. The fraction of sp³-hybridized carbons (Fsp3) is 0.529. The summed E-state index contributed by atoms with van der Waals surface area (Å²) in [6.07, 6.45) is 1.71. The van der Waals surface area contributed by atoms with Crippen LogP contribution in [0.1, 0.15) is 44.0 Å². The Hall–Kier alpha value is -2.64. The third-order valence-electron chi connectivity index (χ3n) is 4.27. The molecule has 0 radical (unpaired) electrons. The number of carbonyl (C=O) groups excluding carboxylic acids is 1. The number of hydrogen-bond acceptors (Lipinski definition) is 4. The van der Waals surface area contributed by atoms with Crippen LogP contribution in [-0.4, -0.2) is 26.2 Å². The normalized spacial score (nSPS) is 11.0. The zero-order valence-electron chi connectivity index (χ0n) is 15.1. The Kier molecular flexibility index (Phi) is 5.61. The summed E-state index contributed by atoms with van der Waals surface area (Å²) in [5.74, 6) is -0.475. The van der Waals surface area contributed by atoms with Crippen LogP contribution in [0.3, 0.4) is 0 Å². The topological polar surface area (TPSA) is 95.1 Å². The third-order valence-corrected chi connectivity index (χ3v) is 4.27. The highest BCUT2D eigenvalue weighted by molar-refractivity contribution is 6.05. The lowest BCUT2D eigenvalue weighted by Crippen LogP contribution is -2.42. The van der Waals surface area contributed by atoms with Crippen LogP contribution in [0.4, 0.5) is 0 Å². The van der Waals surface area contributed by atoms with E-state index in [4.69, 9.17) is 0 Å². The molecule has 0 aliphatic rings. The summed E-state index contributed by atoms with van der Waals surface area (Å²) in [6.45, 7) is 6.36. The van der Waals surface area contributed by atoms with Gasteiger partial charge in [0, 0.05) is 32.7 Å². The van der Waals surface area contributed by atoms with E-state index in [0.29, 0.717) is 6.54 Å². The van der Waals surface area contributed by atoms with Gasteiger partial charge < -0.3 is 5.32 Å². The van der Waals surface area contributed by atoms with E-state index in [1.54, 1.807) is 13.8 Å². The van der Waals surface area contributed by atoms with Crippen LogP contribution in [0, 0.1) is 0 Å². The van der Waals surface area contributed by atoms with Gasteiger partial charge in [0.05, 0.1) is 10.9 Å². The molecule has 0 fully saturated rings. The van der Waals surface area contributed by atoms with Gasteiger partial charge in [-0.1, -0.05) is 13.3 Å². The summed E-state index contributed by atoms with van der Waals surface area (Å²) in [5, 5.41) is 2.83. The number of fused-ring (bicyclic) bond motifs is 1. The van der Waals surface area contributed by atoms with Gasteiger partial charge >= 0.3 is 5.69 Å². The number of hydrogen-bond donors (Lipinski definition) is 1. The van der Waals surface area contributed by atoms with Gasteiger partial charge in [-0.05, 0) is 20.3 Å². The van der Waals surface area contributed by atoms with Gasteiger partial charge in [-0.25, -0.2) is 4.79 Å². The lowest BCUT2D eigenvalue weighted by atomic mass is 10.1. The molecule has 2 aromatic heterocycles. The molecule has 0 atom stereocenters. The molecule has 0 bridgehead atoms. The zero-order valence-corrected chi connectivity index (χ0v) is 15.1. The van der Waals surface area contributed by atoms with Gasteiger partial charge in [0.1, 0.15) is 5.65 Å². The number of rotatable bonds is 6. The summed E-state index contributed by atoms with van der Waals surface area (Å²) in [6, 6.07) is 1.18. The van der Waals surface area contributed by atoms with Crippen molar-refractivity contribution < 1.29 is 4.79 Å². The lowest BCUT2D eigenvalue weighted by Gasteiger charge is -2.16. The maximum atomic E-state index is 12.8. The molecule has 0 unspecified atom stereocenters. The number of aromatic nitrogens is 3. The highest BCUT2D eigenvalue weighted by Crippen LogP contribution is 2.12. The van der Waals surface area contributed by atoms with Crippen molar-refractivity contribution in [1.29, 1.82) is 0 Å². The van der Waals surface area contributed by atoms with Crippen LogP contribution in [0.25, 0.3) is 11.0 Å². The van der Waals surface area contributed by atoms with Crippen LogP contribution in [0.2, 0.25) is 0 Å². The number of pyridine rings is 1. The molecule has 0 aromatic carbocycles. The van der Waals surface area contributed by atoms with Crippen molar-refractivity contribution in [2.75, 3.05) is 6.54 Å². The quantitative estimate of drug-likeness (QED) is 0.766. The summed E-state index contributed by atoms with van der Waals surface area (Å²) >= 11 is 0. The minimum Gasteiger partial charge on any atom is -0.352 e. The van der Waals surface area contributed by atoms with Crippen molar-refractivity contribution in [3.8, 4) is 0 Å². The molecule has 25 heavy (non-hydrogen) atoms. The fourth-order valence-electron chi connectivity index (χ4n) is 2.92. The Labute approximate surface area is 144 Å². The minimum absolute atomic E-state index is 0.0172. The first kappa shape index (κ1) is 18.7. The minimum atomic E-state index is -0.552. The predicted molar refractivity (Wildman–Crippen MR) is 96.3 cm³/mol. The molecule has 8 heteroatoms. The highest BCUT2D eigenvalue weighted by atomic mass is 16.2. The Morgan fingerprint density at radius 1 is 1.08 bits per heavy atom. The van der Waals surface area contributed by atoms with Crippen molar-refractivity contribution in [3.63, 3.8) is 0 Å². The Morgan fingerprint density at radius 2 is 1.72 bits per heavy atom. The second-order valence-electron chi connectivity index (χ2n) is 5.84. The molecule has 8 nitrogen and oxygen atoms in total. The number of nitrogens with zero attached hydrogens (tertiary/aromatic N) is 3. The smallest absolute Gasteiger partial charge is 0.332 e. The number of nitrogens with one attached hydrogen (secondary N) is 1. The van der Waals surface area contributed by atoms with E-state index >= 15 is 0 Å². The average Bonchev–Trinajstić information content (AvgIpc) is 2.59. The maximum Gasteiger partial charge on any atom is 0.332 e. The fourth-order valence-corrected chi connectivity index (χ4v) is 2.92. The number of aryl methyl sites for hydroxylation is 2. The third kappa shape index (κ3) is 3.16. The van der Waals surface area contributed by atoms with E-state index in [0.717, 1.165) is 17.4 Å². The SMILES string of the molecule is CCCCNC(=O)c1cc(=O)n(CC)c2c1c(=O)n(CC)c(=O)n2C. The van der Waals surface area contributed by atoms with Gasteiger partial charge in [-0.2, -0.15) is 0 Å². The molecule has 2 rings (SSSR count).